The average molecular weight is 520 g/mol. The zero-order valence-corrected chi connectivity index (χ0v) is 21.3. The zero-order chi connectivity index (χ0) is 25.2. The lowest BCUT2D eigenvalue weighted by Gasteiger charge is -2.36. The van der Waals surface area contributed by atoms with Gasteiger partial charge in [-0.05, 0) is 63.4 Å². The topological polar surface area (TPSA) is 108 Å². The molecule has 0 aromatic heterocycles. The van der Waals surface area contributed by atoms with Gasteiger partial charge in [0.25, 0.3) is 10.0 Å². The number of esters is 1. The quantitative estimate of drug-likeness (QED) is 0.597. The van der Waals surface area contributed by atoms with Gasteiger partial charge in [0, 0.05) is 17.1 Å². The molecule has 0 radical (unpaired) electrons. The van der Waals surface area contributed by atoms with Gasteiger partial charge in [0.1, 0.15) is 22.8 Å². The first-order valence-electron chi connectivity index (χ1n) is 11.6. The highest BCUT2D eigenvalue weighted by atomic mass is 35.5. The van der Waals surface area contributed by atoms with Crippen LogP contribution in [0.15, 0.2) is 58.4 Å². The average Bonchev–Trinajstić information content (AvgIpc) is 3.01. The SMILES string of the molecule is CC1=Nc2ccc(Cl)cc2S(=O)(=O)N1.CN1[C@@H]2CC[C@H]1C[C@@H](OC(=O)C(CO)c1ccccc1)C2. The predicted octanol–water partition coefficient (Wildman–Crippen LogP) is 3.61. The van der Waals surface area contributed by atoms with Crippen molar-refractivity contribution in [2.45, 2.75) is 61.6 Å². The first-order chi connectivity index (χ1) is 16.7. The third-order valence-corrected chi connectivity index (χ3v) is 8.49. The summed E-state index contributed by atoms with van der Waals surface area (Å²) < 4.78 is 31.2. The van der Waals surface area contributed by atoms with Crippen molar-refractivity contribution < 1.29 is 23.1 Å². The summed E-state index contributed by atoms with van der Waals surface area (Å²) in [5.74, 6) is -0.499. The molecule has 3 aliphatic rings. The molecule has 3 aliphatic heterocycles. The number of amidine groups is 1. The van der Waals surface area contributed by atoms with E-state index >= 15 is 0 Å². The highest BCUT2D eigenvalue weighted by molar-refractivity contribution is 7.90. The molecule has 2 N–H and O–H groups in total. The van der Waals surface area contributed by atoms with Gasteiger partial charge >= 0.3 is 5.97 Å². The van der Waals surface area contributed by atoms with Crippen molar-refractivity contribution in [3.63, 3.8) is 0 Å². The van der Waals surface area contributed by atoms with E-state index in [-0.39, 0.29) is 23.6 Å². The van der Waals surface area contributed by atoms with E-state index in [2.05, 4.69) is 21.7 Å². The van der Waals surface area contributed by atoms with E-state index in [9.17, 15) is 18.3 Å². The minimum atomic E-state index is -3.48. The Balaban J connectivity index is 0.000000179. The Morgan fingerprint density at radius 1 is 1.20 bits per heavy atom. The van der Waals surface area contributed by atoms with Gasteiger partial charge in [-0.1, -0.05) is 41.9 Å². The Morgan fingerprint density at radius 2 is 1.86 bits per heavy atom. The van der Waals surface area contributed by atoms with E-state index in [1.54, 1.807) is 19.1 Å². The van der Waals surface area contributed by atoms with Crippen LogP contribution in [0.4, 0.5) is 5.69 Å². The summed E-state index contributed by atoms with van der Waals surface area (Å²) in [6, 6.07) is 15.0. The number of ether oxygens (including phenoxy) is 1. The second kappa shape index (κ2) is 10.7. The standard InChI is InChI=1S/C17H23NO3.C8H7ClN2O2S/c1-18-13-7-8-14(18)10-15(9-13)21-17(20)16(11-19)12-5-3-2-4-6-12;1-5-10-7-3-2-6(9)4-8(7)14(12,13)11-5/h2-6,13-16,19H,7-11H2,1H3;2-4H,1H3,(H,10,11)/t13-,14+,15+,16?;. The number of nitrogens with zero attached hydrogens (tertiary/aromatic N) is 2. The summed E-state index contributed by atoms with van der Waals surface area (Å²) in [5.41, 5.74) is 1.24. The Kier molecular flexibility index (Phi) is 7.80. The Labute approximate surface area is 211 Å². The van der Waals surface area contributed by atoms with Crippen LogP contribution in [0.5, 0.6) is 0 Å². The van der Waals surface area contributed by atoms with Gasteiger partial charge in [-0.3, -0.25) is 9.52 Å². The molecular formula is C25H30ClN3O5S. The molecule has 4 atom stereocenters. The van der Waals surface area contributed by atoms with Crippen LogP contribution in [0.25, 0.3) is 0 Å². The molecule has 35 heavy (non-hydrogen) atoms. The molecule has 1 unspecified atom stereocenters. The lowest BCUT2D eigenvalue weighted by atomic mass is 9.98. The molecule has 3 heterocycles. The summed E-state index contributed by atoms with van der Waals surface area (Å²) in [4.78, 5) is 19.0. The van der Waals surface area contributed by atoms with Gasteiger partial charge in [0.05, 0.1) is 12.3 Å². The predicted molar refractivity (Wildman–Crippen MR) is 134 cm³/mol. The smallest absolute Gasteiger partial charge is 0.316 e. The fraction of sp³-hybridized carbons (Fsp3) is 0.440. The van der Waals surface area contributed by atoms with Crippen molar-refractivity contribution in [2.24, 2.45) is 4.99 Å². The highest BCUT2D eigenvalue weighted by Gasteiger charge is 2.40. The zero-order valence-electron chi connectivity index (χ0n) is 19.7. The molecule has 2 bridgehead atoms. The Hall–Kier alpha value is -2.46. The number of fused-ring (bicyclic) bond motifs is 3. The van der Waals surface area contributed by atoms with Crippen molar-refractivity contribution in [1.82, 2.24) is 9.62 Å². The molecule has 0 aliphatic carbocycles. The number of aliphatic hydroxyl groups is 1. The van der Waals surface area contributed by atoms with E-state index in [4.69, 9.17) is 16.3 Å². The second-order valence-electron chi connectivity index (χ2n) is 9.14. The van der Waals surface area contributed by atoms with Crippen LogP contribution in [0.3, 0.4) is 0 Å². The fourth-order valence-corrected chi connectivity index (χ4v) is 6.41. The number of piperidine rings is 1. The fourth-order valence-electron chi connectivity index (χ4n) is 4.95. The van der Waals surface area contributed by atoms with Crippen LogP contribution in [0.1, 0.15) is 44.1 Å². The van der Waals surface area contributed by atoms with Crippen molar-refractivity contribution in [3.05, 3.63) is 59.1 Å². The number of rotatable bonds is 4. The summed E-state index contributed by atoms with van der Waals surface area (Å²) in [6.45, 7) is 1.39. The Bertz CT molecular complexity index is 1190. The number of hydrogen-bond donors (Lipinski definition) is 2. The molecule has 2 aromatic carbocycles. The lowest BCUT2D eigenvalue weighted by Crippen LogP contribution is -2.43. The van der Waals surface area contributed by atoms with Gasteiger partial charge < -0.3 is 14.7 Å². The lowest BCUT2D eigenvalue weighted by molar-refractivity contribution is -0.155. The van der Waals surface area contributed by atoms with Crippen LogP contribution in [-0.4, -0.2) is 62.1 Å². The first-order valence-corrected chi connectivity index (χ1v) is 13.5. The van der Waals surface area contributed by atoms with Crippen LogP contribution in [0.2, 0.25) is 5.02 Å². The molecular weight excluding hydrogens is 490 g/mol. The van der Waals surface area contributed by atoms with Gasteiger partial charge in [-0.2, -0.15) is 0 Å². The molecule has 0 spiro atoms. The van der Waals surface area contributed by atoms with Gasteiger partial charge in [0.2, 0.25) is 0 Å². The number of carbonyl (C=O) groups excluding carboxylic acids is 1. The van der Waals surface area contributed by atoms with E-state index in [0.29, 0.717) is 28.6 Å². The van der Waals surface area contributed by atoms with Crippen molar-refractivity contribution >= 4 is 39.1 Å². The first kappa shape index (κ1) is 25.6. The monoisotopic (exact) mass is 519 g/mol. The van der Waals surface area contributed by atoms with E-state index in [0.717, 1.165) is 18.4 Å². The molecule has 10 heteroatoms. The number of aliphatic imine (C=N–C) groups is 1. The maximum absolute atomic E-state index is 12.4. The maximum Gasteiger partial charge on any atom is 0.316 e. The molecule has 188 valence electrons. The molecule has 8 nitrogen and oxygen atoms in total. The number of sulfonamides is 1. The van der Waals surface area contributed by atoms with Gasteiger partial charge in [0.15, 0.2) is 0 Å². The largest absolute Gasteiger partial charge is 0.462 e. The minimum absolute atomic E-state index is 0.00367. The molecule has 0 amide bonds. The van der Waals surface area contributed by atoms with Crippen molar-refractivity contribution in [2.75, 3.05) is 13.7 Å². The number of halogens is 1. The Morgan fingerprint density at radius 3 is 2.49 bits per heavy atom. The highest BCUT2D eigenvalue weighted by Crippen LogP contribution is 2.36. The molecule has 5 rings (SSSR count). The summed E-state index contributed by atoms with van der Waals surface area (Å²) >= 11 is 5.70. The number of carbonyl (C=O) groups is 1. The normalized spacial score (nSPS) is 25.3. The molecule has 0 saturated carbocycles. The van der Waals surface area contributed by atoms with E-state index in [1.807, 2.05) is 30.3 Å². The summed E-state index contributed by atoms with van der Waals surface area (Å²) in [6.07, 6.45) is 4.26. The van der Waals surface area contributed by atoms with Crippen LogP contribution >= 0.6 is 11.6 Å². The van der Waals surface area contributed by atoms with Crippen molar-refractivity contribution in [1.29, 1.82) is 0 Å². The number of aliphatic hydroxyl groups excluding tert-OH is 1. The third kappa shape index (κ3) is 5.86. The van der Waals surface area contributed by atoms with Gasteiger partial charge in [-0.15, -0.1) is 0 Å². The van der Waals surface area contributed by atoms with E-state index in [1.165, 1.54) is 18.9 Å². The maximum atomic E-state index is 12.4. The van der Waals surface area contributed by atoms with Crippen LogP contribution in [0, 0.1) is 0 Å². The van der Waals surface area contributed by atoms with Crippen LogP contribution in [-0.2, 0) is 19.6 Å². The third-order valence-electron chi connectivity index (χ3n) is 6.79. The van der Waals surface area contributed by atoms with Crippen molar-refractivity contribution in [3.8, 4) is 0 Å². The minimum Gasteiger partial charge on any atom is -0.462 e. The summed E-state index contributed by atoms with van der Waals surface area (Å²) in [7, 11) is -1.31. The molecule has 2 aromatic rings. The number of hydrogen-bond acceptors (Lipinski definition) is 7. The summed E-state index contributed by atoms with van der Waals surface area (Å²) in [5, 5.41) is 9.91. The van der Waals surface area contributed by atoms with E-state index < -0.39 is 15.9 Å². The second-order valence-corrected chi connectivity index (χ2v) is 11.2. The molecule has 2 fully saturated rings. The van der Waals surface area contributed by atoms with Gasteiger partial charge in [-0.25, -0.2) is 13.4 Å². The number of nitrogens with one attached hydrogen (secondary N) is 1. The molecule has 2 saturated heterocycles. The number of benzene rings is 2. The van der Waals surface area contributed by atoms with Crippen LogP contribution < -0.4 is 4.72 Å².